The number of benzene rings is 1. The summed E-state index contributed by atoms with van der Waals surface area (Å²) in [7, 11) is 1.40. The average molecular weight is 203 g/mol. The summed E-state index contributed by atoms with van der Waals surface area (Å²) in [5.74, 6) is -0.469. The number of fused-ring (bicyclic) bond motifs is 1. The molecule has 0 saturated carbocycles. The van der Waals surface area contributed by atoms with E-state index in [-0.39, 0.29) is 11.9 Å². The van der Waals surface area contributed by atoms with Crippen LogP contribution >= 0.6 is 0 Å². The molecule has 3 heteroatoms. The van der Waals surface area contributed by atoms with Crippen molar-refractivity contribution in [1.82, 2.24) is 4.98 Å². The molecular formula is C12H13NO2. The van der Waals surface area contributed by atoms with E-state index in [4.69, 9.17) is 4.74 Å². The third-order valence-electron chi connectivity index (χ3n) is 2.57. The van der Waals surface area contributed by atoms with Gasteiger partial charge in [-0.3, -0.25) is 4.79 Å². The van der Waals surface area contributed by atoms with Crippen LogP contribution in [0, 0.1) is 0 Å². The van der Waals surface area contributed by atoms with Gasteiger partial charge in [-0.1, -0.05) is 18.2 Å². The van der Waals surface area contributed by atoms with Gasteiger partial charge in [0.25, 0.3) is 0 Å². The minimum absolute atomic E-state index is 0.221. The van der Waals surface area contributed by atoms with Crippen LogP contribution in [-0.4, -0.2) is 18.1 Å². The van der Waals surface area contributed by atoms with Crippen molar-refractivity contribution in [3.8, 4) is 0 Å². The van der Waals surface area contributed by atoms with E-state index in [1.165, 1.54) is 7.11 Å². The van der Waals surface area contributed by atoms with Crippen LogP contribution in [0.15, 0.2) is 30.3 Å². The molecule has 2 rings (SSSR count). The molecule has 15 heavy (non-hydrogen) atoms. The first-order valence-electron chi connectivity index (χ1n) is 4.88. The zero-order valence-corrected chi connectivity index (χ0v) is 8.78. The topological polar surface area (TPSA) is 42.1 Å². The molecule has 1 atom stereocenters. The van der Waals surface area contributed by atoms with Crippen LogP contribution in [0.5, 0.6) is 0 Å². The number of carbonyl (C=O) groups is 1. The normalized spacial score (nSPS) is 12.7. The van der Waals surface area contributed by atoms with Gasteiger partial charge < -0.3 is 9.72 Å². The lowest BCUT2D eigenvalue weighted by atomic mass is 10.1. The van der Waals surface area contributed by atoms with Crippen molar-refractivity contribution in [2.75, 3.05) is 7.11 Å². The van der Waals surface area contributed by atoms with Gasteiger partial charge in [0.15, 0.2) is 0 Å². The fraction of sp³-hybridized carbons (Fsp3) is 0.250. The Morgan fingerprint density at radius 2 is 2.13 bits per heavy atom. The van der Waals surface area contributed by atoms with E-state index >= 15 is 0 Å². The predicted octanol–water partition coefficient (Wildman–Crippen LogP) is 2.44. The number of hydrogen-bond donors (Lipinski definition) is 1. The minimum Gasteiger partial charge on any atom is -0.469 e. The highest BCUT2D eigenvalue weighted by atomic mass is 16.5. The summed E-state index contributed by atoms with van der Waals surface area (Å²) < 4.78 is 4.70. The zero-order chi connectivity index (χ0) is 10.8. The number of carbonyl (C=O) groups excluding carboxylic acids is 1. The molecule has 0 spiro atoms. The van der Waals surface area contributed by atoms with Gasteiger partial charge in [-0.05, 0) is 24.4 Å². The highest BCUT2D eigenvalue weighted by Gasteiger charge is 2.17. The molecule has 78 valence electrons. The van der Waals surface area contributed by atoms with E-state index in [1.54, 1.807) is 0 Å². The van der Waals surface area contributed by atoms with Gasteiger partial charge in [0, 0.05) is 11.2 Å². The summed E-state index contributed by atoms with van der Waals surface area (Å²) in [4.78, 5) is 14.6. The van der Waals surface area contributed by atoms with Crippen molar-refractivity contribution in [1.29, 1.82) is 0 Å². The Balaban J connectivity index is 2.40. The van der Waals surface area contributed by atoms with Gasteiger partial charge in [-0.15, -0.1) is 0 Å². The number of aromatic amines is 1. The van der Waals surface area contributed by atoms with E-state index in [0.29, 0.717) is 0 Å². The first-order chi connectivity index (χ1) is 7.22. The van der Waals surface area contributed by atoms with Gasteiger partial charge in [0.05, 0.1) is 13.0 Å². The molecule has 0 aliphatic heterocycles. The van der Waals surface area contributed by atoms with Gasteiger partial charge in [0.2, 0.25) is 0 Å². The average Bonchev–Trinajstić information content (AvgIpc) is 2.70. The summed E-state index contributed by atoms with van der Waals surface area (Å²) in [6.45, 7) is 1.83. The summed E-state index contributed by atoms with van der Waals surface area (Å²) in [5, 5.41) is 1.11. The first kappa shape index (κ1) is 9.77. The van der Waals surface area contributed by atoms with Gasteiger partial charge in [0.1, 0.15) is 0 Å². The smallest absolute Gasteiger partial charge is 0.314 e. The van der Waals surface area contributed by atoms with E-state index in [2.05, 4.69) is 4.98 Å². The quantitative estimate of drug-likeness (QED) is 0.762. The lowest BCUT2D eigenvalue weighted by Crippen LogP contribution is -2.10. The van der Waals surface area contributed by atoms with Crippen LogP contribution in [0.3, 0.4) is 0 Å². The maximum Gasteiger partial charge on any atom is 0.314 e. The molecule has 1 heterocycles. The molecule has 1 aromatic heterocycles. The van der Waals surface area contributed by atoms with Crippen LogP contribution in [-0.2, 0) is 9.53 Å². The van der Waals surface area contributed by atoms with Crippen LogP contribution < -0.4 is 0 Å². The Kier molecular flexibility index (Phi) is 2.46. The first-order valence-corrected chi connectivity index (χ1v) is 4.88. The highest BCUT2D eigenvalue weighted by molar-refractivity contribution is 5.84. The maximum absolute atomic E-state index is 11.3. The molecule has 0 amide bonds. The van der Waals surface area contributed by atoms with Crippen molar-refractivity contribution < 1.29 is 9.53 Å². The van der Waals surface area contributed by atoms with E-state index in [1.807, 2.05) is 37.3 Å². The van der Waals surface area contributed by atoms with E-state index in [0.717, 1.165) is 16.6 Å². The molecule has 1 N–H and O–H groups in total. The molecule has 0 bridgehead atoms. The molecule has 0 saturated heterocycles. The van der Waals surface area contributed by atoms with Crippen molar-refractivity contribution in [2.45, 2.75) is 12.8 Å². The van der Waals surface area contributed by atoms with Gasteiger partial charge in [-0.25, -0.2) is 0 Å². The number of esters is 1. The predicted molar refractivity (Wildman–Crippen MR) is 58.7 cm³/mol. The summed E-state index contributed by atoms with van der Waals surface area (Å²) in [5.41, 5.74) is 1.94. The highest BCUT2D eigenvalue weighted by Crippen LogP contribution is 2.21. The Bertz CT molecular complexity index is 454. The number of rotatable bonds is 2. The fourth-order valence-electron chi connectivity index (χ4n) is 1.63. The fourth-order valence-corrected chi connectivity index (χ4v) is 1.63. The Morgan fingerprint density at radius 3 is 2.80 bits per heavy atom. The number of ether oxygens (including phenoxy) is 1. The van der Waals surface area contributed by atoms with Crippen LogP contribution in [0.4, 0.5) is 0 Å². The number of hydrogen-bond acceptors (Lipinski definition) is 2. The third-order valence-corrected chi connectivity index (χ3v) is 2.57. The Morgan fingerprint density at radius 1 is 1.40 bits per heavy atom. The summed E-state index contributed by atoms with van der Waals surface area (Å²) in [6, 6.07) is 9.92. The lowest BCUT2D eigenvalue weighted by molar-refractivity contribution is -0.142. The molecule has 1 unspecified atom stereocenters. The monoisotopic (exact) mass is 203 g/mol. The molecule has 3 nitrogen and oxygen atoms in total. The van der Waals surface area contributed by atoms with Crippen LogP contribution in [0.25, 0.3) is 10.9 Å². The second-order valence-corrected chi connectivity index (χ2v) is 3.56. The maximum atomic E-state index is 11.3. The van der Waals surface area contributed by atoms with Gasteiger partial charge >= 0.3 is 5.97 Å². The number of nitrogens with one attached hydrogen (secondary N) is 1. The number of aromatic nitrogens is 1. The Labute approximate surface area is 88.1 Å². The van der Waals surface area contributed by atoms with Crippen LogP contribution in [0.1, 0.15) is 18.5 Å². The summed E-state index contributed by atoms with van der Waals surface area (Å²) >= 11 is 0. The molecule has 1 aromatic carbocycles. The minimum atomic E-state index is -0.248. The third kappa shape index (κ3) is 1.73. The molecule has 2 aromatic rings. The Hall–Kier alpha value is -1.77. The molecule has 0 fully saturated rings. The number of methoxy groups -OCH3 is 1. The molecule has 0 aliphatic carbocycles. The second-order valence-electron chi connectivity index (χ2n) is 3.56. The van der Waals surface area contributed by atoms with Crippen LogP contribution in [0.2, 0.25) is 0 Å². The van der Waals surface area contributed by atoms with Crippen molar-refractivity contribution in [3.05, 3.63) is 36.0 Å². The van der Waals surface area contributed by atoms with Crippen molar-refractivity contribution >= 4 is 16.9 Å². The number of H-pyrrole nitrogens is 1. The number of para-hydroxylation sites is 1. The second kappa shape index (κ2) is 3.77. The molecular weight excluding hydrogens is 190 g/mol. The summed E-state index contributed by atoms with van der Waals surface area (Å²) in [6.07, 6.45) is 0. The molecule has 0 radical (unpaired) electrons. The van der Waals surface area contributed by atoms with Gasteiger partial charge in [-0.2, -0.15) is 0 Å². The lowest BCUT2D eigenvalue weighted by Gasteiger charge is -2.05. The SMILES string of the molecule is COC(=O)C(C)c1cc2ccccc2[nH]1. The standard InChI is InChI=1S/C12H13NO2/c1-8(12(14)15-2)11-7-9-5-3-4-6-10(9)13-11/h3-8,13H,1-2H3. The van der Waals surface area contributed by atoms with E-state index in [9.17, 15) is 4.79 Å². The largest absolute Gasteiger partial charge is 0.469 e. The van der Waals surface area contributed by atoms with Crippen molar-refractivity contribution in [3.63, 3.8) is 0 Å². The van der Waals surface area contributed by atoms with Crippen molar-refractivity contribution in [2.24, 2.45) is 0 Å². The molecule has 0 aliphatic rings. The zero-order valence-electron chi connectivity index (χ0n) is 8.78. The van der Waals surface area contributed by atoms with E-state index < -0.39 is 0 Å².